The second-order valence-corrected chi connectivity index (χ2v) is 6.00. The molecule has 3 nitrogen and oxygen atoms in total. The standard InChI is InChI=1S/C15H26O3/c1-11-6-3-4-8-14-12(2)10-13(18-14)7-5-9-17-15(11)16/h11-14H,3-10H2,1-2H3/t11-,12-,13-,14-/m0/s1. The fourth-order valence-corrected chi connectivity index (χ4v) is 3.08. The molecule has 4 atom stereocenters. The first-order chi connectivity index (χ1) is 8.66. The van der Waals surface area contributed by atoms with Crippen LogP contribution < -0.4 is 0 Å². The van der Waals surface area contributed by atoms with E-state index < -0.39 is 0 Å². The molecule has 0 aromatic carbocycles. The van der Waals surface area contributed by atoms with Crippen LogP contribution in [0.25, 0.3) is 0 Å². The van der Waals surface area contributed by atoms with E-state index in [4.69, 9.17) is 9.47 Å². The molecule has 0 aromatic heterocycles. The van der Waals surface area contributed by atoms with E-state index in [1.54, 1.807) is 0 Å². The number of rotatable bonds is 0. The zero-order chi connectivity index (χ0) is 13.0. The lowest BCUT2D eigenvalue weighted by atomic mass is 9.95. The average molecular weight is 254 g/mol. The number of hydrogen-bond acceptors (Lipinski definition) is 3. The lowest BCUT2D eigenvalue weighted by molar-refractivity contribution is -0.148. The highest BCUT2D eigenvalue weighted by Crippen LogP contribution is 2.32. The third kappa shape index (κ3) is 3.71. The van der Waals surface area contributed by atoms with E-state index in [0.29, 0.717) is 24.7 Å². The molecule has 0 saturated carbocycles. The van der Waals surface area contributed by atoms with E-state index in [1.165, 1.54) is 12.8 Å². The zero-order valence-corrected chi connectivity index (χ0v) is 11.7. The summed E-state index contributed by atoms with van der Waals surface area (Å²) in [5, 5.41) is 0. The maximum atomic E-state index is 11.7. The minimum atomic E-state index is -0.0197. The SMILES string of the molecule is C[C@H]1CCCC[C@@H]2O[C@@H](CCCOC1=O)C[C@@H]2C. The van der Waals surface area contributed by atoms with Crippen molar-refractivity contribution in [3.63, 3.8) is 0 Å². The lowest BCUT2D eigenvalue weighted by Crippen LogP contribution is -2.16. The van der Waals surface area contributed by atoms with Crippen LogP contribution >= 0.6 is 0 Å². The Balaban J connectivity index is 1.88. The van der Waals surface area contributed by atoms with Crippen molar-refractivity contribution in [3.8, 4) is 0 Å². The molecule has 18 heavy (non-hydrogen) atoms. The number of fused-ring (bicyclic) bond motifs is 2. The summed E-state index contributed by atoms with van der Waals surface area (Å²) in [5.41, 5.74) is 0. The summed E-state index contributed by atoms with van der Waals surface area (Å²) in [6.07, 6.45) is 8.35. The van der Waals surface area contributed by atoms with Crippen molar-refractivity contribution < 1.29 is 14.3 Å². The molecule has 2 aliphatic heterocycles. The topological polar surface area (TPSA) is 35.5 Å². The van der Waals surface area contributed by atoms with Crippen molar-refractivity contribution in [1.29, 1.82) is 0 Å². The van der Waals surface area contributed by atoms with Gasteiger partial charge in [0, 0.05) is 0 Å². The van der Waals surface area contributed by atoms with Crippen molar-refractivity contribution in [1.82, 2.24) is 0 Å². The van der Waals surface area contributed by atoms with Crippen LogP contribution in [0.2, 0.25) is 0 Å². The molecule has 0 amide bonds. The average Bonchev–Trinajstić information content (AvgIpc) is 2.70. The molecule has 0 aromatic rings. The van der Waals surface area contributed by atoms with Crippen molar-refractivity contribution >= 4 is 5.97 Å². The Morgan fingerprint density at radius 1 is 1.06 bits per heavy atom. The lowest BCUT2D eigenvalue weighted by Gasteiger charge is -2.15. The van der Waals surface area contributed by atoms with Crippen LogP contribution in [0.5, 0.6) is 0 Å². The Labute approximate surface area is 110 Å². The molecular weight excluding hydrogens is 228 g/mol. The Bertz CT molecular complexity index is 277. The highest BCUT2D eigenvalue weighted by atomic mass is 16.5. The molecule has 0 aliphatic carbocycles. The number of esters is 1. The predicted molar refractivity (Wildman–Crippen MR) is 70.3 cm³/mol. The molecule has 2 aliphatic rings. The van der Waals surface area contributed by atoms with E-state index >= 15 is 0 Å². The van der Waals surface area contributed by atoms with E-state index in [-0.39, 0.29) is 11.9 Å². The van der Waals surface area contributed by atoms with Crippen LogP contribution in [0.15, 0.2) is 0 Å². The summed E-state index contributed by atoms with van der Waals surface area (Å²) in [6.45, 7) is 4.84. The second-order valence-electron chi connectivity index (χ2n) is 6.00. The predicted octanol–water partition coefficient (Wildman–Crippen LogP) is 3.31. The first-order valence-corrected chi connectivity index (χ1v) is 7.49. The highest BCUT2D eigenvalue weighted by Gasteiger charge is 2.31. The molecule has 0 N–H and O–H groups in total. The monoisotopic (exact) mass is 254 g/mol. The fraction of sp³-hybridized carbons (Fsp3) is 0.933. The largest absolute Gasteiger partial charge is 0.465 e. The molecule has 2 heterocycles. The summed E-state index contributed by atoms with van der Waals surface area (Å²) < 4.78 is 11.4. The second kappa shape index (κ2) is 6.55. The van der Waals surface area contributed by atoms with Gasteiger partial charge in [0.1, 0.15) is 0 Å². The summed E-state index contributed by atoms with van der Waals surface area (Å²) in [4.78, 5) is 11.7. The normalized spacial score (nSPS) is 39.3. The fourth-order valence-electron chi connectivity index (χ4n) is 3.08. The summed E-state index contributed by atoms with van der Waals surface area (Å²) in [7, 11) is 0. The van der Waals surface area contributed by atoms with Crippen LogP contribution in [-0.2, 0) is 14.3 Å². The molecular formula is C15H26O3. The van der Waals surface area contributed by atoms with Gasteiger partial charge in [-0.3, -0.25) is 4.79 Å². The minimum absolute atomic E-state index is 0.0197. The van der Waals surface area contributed by atoms with Crippen LogP contribution in [0.1, 0.15) is 58.8 Å². The smallest absolute Gasteiger partial charge is 0.308 e. The molecule has 0 radical (unpaired) electrons. The maximum absolute atomic E-state index is 11.7. The maximum Gasteiger partial charge on any atom is 0.308 e. The van der Waals surface area contributed by atoms with E-state index in [9.17, 15) is 4.79 Å². The van der Waals surface area contributed by atoms with Gasteiger partial charge in [-0.05, 0) is 38.0 Å². The van der Waals surface area contributed by atoms with Gasteiger partial charge >= 0.3 is 5.97 Å². The highest BCUT2D eigenvalue weighted by molar-refractivity contribution is 5.71. The first kappa shape index (κ1) is 13.9. The van der Waals surface area contributed by atoms with Gasteiger partial charge in [0.05, 0.1) is 24.7 Å². The van der Waals surface area contributed by atoms with Gasteiger partial charge in [0.15, 0.2) is 0 Å². The van der Waals surface area contributed by atoms with Crippen molar-refractivity contribution in [3.05, 3.63) is 0 Å². The molecule has 0 unspecified atom stereocenters. The number of carbonyl (C=O) groups excluding carboxylic acids is 1. The van der Waals surface area contributed by atoms with Gasteiger partial charge < -0.3 is 9.47 Å². The number of hydrogen-bond donors (Lipinski definition) is 0. The molecule has 2 saturated heterocycles. The van der Waals surface area contributed by atoms with Gasteiger partial charge in [-0.2, -0.15) is 0 Å². The van der Waals surface area contributed by atoms with Crippen LogP contribution in [-0.4, -0.2) is 24.8 Å². The third-order valence-corrected chi connectivity index (χ3v) is 4.33. The van der Waals surface area contributed by atoms with Crippen molar-refractivity contribution in [2.45, 2.75) is 71.0 Å². The quantitative estimate of drug-likeness (QED) is 0.622. The van der Waals surface area contributed by atoms with Gasteiger partial charge in [0.25, 0.3) is 0 Å². The van der Waals surface area contributed by atoms with Crippen molar-refractivity contribution in [2.24, 2.45) is 11.8 Å². The Morgan fingerprint density at radius 2 is 1.83 bits per heavy atom. The summed E-state index contributed by atoms with van der Waals surface area (Å²) >= 11 is 0. The number of carbonyl (C=O) groups is 1. The number of cyclic esters (lactones) is 1. The molecule has 2 fully saturated rings. The molecule has 104 valence electrons. The van der Waals surface area contributed by atoms with E-state index in [2.05, 4.69) is 6.92 Å². The third-order valence-electron chi connectivity index (χ3n) is 4.33. The minimum Gasteiger partial charge on any atom is -0.465 e. The van der Waals surface area contributed by atoms with Crippen LogP contribution in [0, 0.1) is 11.8 Å². The van der Waals surface area contributed by atoms with Gasteiger partial charge in [-0.25, -0.2) is 0 Å². The summed E-state index contributed by atoms with van der Waals surface area (Å²) in [5.74, 6) is 0.730. The zero-order valence-electron chi connectivity index (χ0n) is 11.7. The molecule has 0 spiro atoms. The van der Waals surface area contributed by atoms with Crippen molar-refractivity contribution in [2.75, 3.05) is 6.61 Å². The van der Waals surface area contributed by atoms with Crippen LogP contribution in [0.4, 0.5) is 0 Å². The van der Waals surface area contributed by atoms with Gasteiger partial charge in [-0.15, -0.1) is 0 Å². The van der Waals surface area contributed by atoms with E-state index in [0.717, 1.165) is 32.1 Å². The Kier molecular flexibility index (Phi) is 5.04. The Hall–Kier alpha value is -0.570. The van der Waals surface area contributed by atoms with Gasteiger partial charge in [-0.1, -0.05) is 26.7 Å². The Morgan fingerprint density at radius 3 is 2.67 bits per heavy atom. The summed E-state index contributed by atoms with van der Waals surface area (Å²) in [6, 6.07) is 0. The molecule has 3 heteroatoms. The van der Waals surface area contributed by atoms with Crippen LogP contribution in [0.3, 0.4) is 0 Å². The van der Waals surface area contributed by atoms with E-state index in [1.807, 2.05) is 6.92 Å². The first-order valence-electron chi connectivity index (χ1n) is 7.49. The number of ether oxygens (including phenoxy) is 2. The molecule has 2 bridgehead atoms. The molecule has 2 rings (SSSR count). The van der Waals surface area contributed by atoms with Gasteiger partial charge in [0.2, 0.25) is 0 Å².